The number of aliphatic imine (C=N–C) groups is 1. The highest BCUT2D eigenvalue weighted by molar-refractivity contribution is 14.0. The van der Waals surface area contributed by atoms with Gasteiger partial charge in [-0.2, -0.15) is 0 Å². The van der Waals surface area contributed by atoms with Gasteiger partial charge in [0.25, 0.3) is 0 Å². The van der Waals surface area contributed by atoms with Crippen molar-refractivity contribution in [2.24, 2.45) is 10.7 Å². The molecule has 0 amide bonds. The number of sulfonamides is 1. The number of benzene rings is 1. The first-order valence-corrected chi connectivity index (χ1v) is 9.02. The molecule has 150 valence electrons. The molecule has 0 aliphatic heterocycles. The summed E-state index contributed by atoms with van der Waals surface area (Å²) in [6.07, 6.45) is -3.68. The lowest BCUT2D eigenvalue weighted by molar-refractivity contribution is -0.274. The van der Waals surface area contributed by atoms with Crippen LogP contribution in [0, 0.1) is 0 Å². The van der Waals surface area contributed by atoms with Crippen molar-refractivity contribution in [2.45, 2.75) is 32.3 Å². The fourth-order valence-corrected chi connectivity index (χ4v) is 2.95. The number of nitrogens with one attached hydrogen (secondary N) is 2. The average molecular weight is 510 g/mol. The number of hydrogen-bond acceptors (Lipinski definition) is 4. The number of ether oxygens (including phenoxy) is 1. The highest BCUT2D eigenvalue weighted by Crippen LogP contribution is 2.22. The van der Waals surface area contributed by atoms with Crippen LogP contribution in [-0.2, 0) is 16.6 Å². The van der Waals surface area contributed by atoms with Crippen molar-refractivity contribution in [1.82, 2.24) is 10.0 Å². The van der Waals surface area contributed by atoms with Crippen molar-refractivity contribution in [1.29, 1.82) is 0 Å². The molecule has 7 nitrogen and oxygen atoms in total. The lowest BCUT2D eigenvalue weighted by Crippen LogP contribution is -2.52. The Bertz CT molecular complexity index is 707. The van der Waals surface area contributed by atoms with E-state index in [4.69, 9.17) is 5.73 Å². The third-order valence-electron chi connectivity index (χ3n) is 2.76. The summed E-state index contributed by atoms with van der Waals surface area (Å²) in [4.78, 5) is 4.04. The van der Waals surface area contributed by atoms with Crippen LogP contribution in [0.15, 0.2) is 29.3 Å². The lowest BCUT2D eigenvalue weighted by Gasteiger charge is -2.25. The van der Waals surface area contributed by atoms with Gasteiger partial charge in [-0.3, -0.25) is 0 Å². The SMILES string of the molecule is CC(C)(CNC(N)=NCc1ccc(OC(F)(F)F)cc1)NS(C)(=O)=O.I. The first-order chi connectivity index (χ1) is 11.3. The summed E-state index contributed by atoms with van der Waals surface area (Å²) in [6.45, 7) is 3.69. The van der Waals surface area contributed by atoms with E-state index in [-0.39, 0.29) is 48.8 Å². The maximum atomic E-state index is 12.1. The molecule has 0 fully saturated rings. The summed E-state index contributed by atoms with van der Waals surface area (Å²) in [5.74, 6) is -0.237. The van der Waals surface area contributed by atoms with Gasteiger partial charge in [-0.15, -0.1) is 37.1 Å². The molecule has 0 radical (unpaired) electrons. The molecule has 0 aliphatic rings. The number of nitrogens with two attached hydrogens (primary N) is 1. The van der Waals surface area contributed by atoms with Gasteiger partial charge >= 0.3 is 6.36 Å². The standard InChI is InChI=1S/C14H21F3N4O3S.HI/c1-13(2,21-25(3,22)23)9-20-12(18)19-8-10-4-6-11(7-5-10)24-14(15,16)17;/h4-7,21H,8-9H2,1-3H3,(H3,18,19,20);1H. The van der Waals surface area contributed by atoms with Crippen LogP contribution >= 0.6 is 24.0 Å². The second-order valence-electron chi connectivity index (χ2n) is 6.00. The molecule has 1 rings (SSSR count). The zero-order valence-corrected chi connectivity index (χ0v) is 17.6. The molecule has 0 heterocycles. The molecule has 0 saturated carbocycles. The topological polar surface area (TPSA) is 106 Å². The smallest absolute Gasteiger partial charge is 0.406 e. The number of hydrogen-bond donors (Lipinski definition) is 3. The Morgan fingerprint density at radius 1 is 1.23 bits per heavy atom. The minimum absolute atomic E-state index is 0. The molecule has 26 heavy (non-hydrogen) atoms. The highest BCUT2D eigenvalue weighted by atomic mass is 127. The molecular formula is C14H22F3IN4O3S. The van der Waals surface area contributed by atoms with E-state index in [0.717, 1.165) is 6.26 Å². The maximum Gasteiger partial charge on any atom is 0.573 e. The van der Waals surface area contributed by atoms with Crippen molar-refractivity contribution < 1.29 is 26.3 Å². The Labute approximate surface area is 167 Å². The third-order valence-corrected chi connectivity index (χ3v) is 3.69. The van der Waals surface area contributed by atoms with Crippen molar-refractivity contribution >= 4 is 40.0 Å². The molecule has 0 aliphatic carbocycles. The molecule has 1 aromatic rings. The van der Waals surface area contributed by atoms with Crippen LogP contribution in [0.25, 0.3) is 0 Å². The molecule has 0 atom stereocenters. The summed E-state index contributed by atoms with van der Waals surface area (Å²) < 4.78 is 64.9. The Morgan fingerprint density at radius 2 is 1.77 bits per heavy atom. The maximum absolute atomic E-state index is 12.1. The fraction of sp³-hybridized carbons (Fsp3) is 0.500. The minimum atomic E-state index is -4.74. The third kappa shape index (κ3) is 11.4. The van der Waals surface area contributed by atoms with E-state index in [1.165, 1.54) is 24.3 Å². The largest absolute Gasteiger partial charge is 0.573 e. The van der Waals surface area contributed by atoms with Gasteiger partial charge in [-0.05, 0) is 31.5 Å². The van der Waals surface area contributed by atoms with Gasteiger partial charge in [0, 0.05) is 12.1 Å². The highest BCUT2D eigenvalue weighted by Gasteiger charge is 2.30. The zero-order valence-electron chi connectivity index (χ0n) is 14.4. The van der Waals surface area contributed by atoms with Crippen LogP contribution in [0.2, 0.25) is 0 Å². The summed E-state index contributed by atoms with van der Waals surface area (Å²) in [6, 6.07) is 5.24. The van der Waals surface area contributed by atoms with Gasteiger partial charge in [0.15, 0.2) is 5.96 Å². The van der Waals surface area contributed by atoms with E-state index >= 15 is 0 Å². The van der Waals surface area contributed by atoms with E-state index in [2.05, 4.69) is 19.8 Å². The van der Waals surface area contributed by atoms with Crippen LogP contribution in [0.3, 0.4) is 0 Å². The molecule has 12 heteroatoms. The predicted octanol–water partition coefficient (Wildman–Crippen LogP) is 1.94. The Morgan fingerprint density at radius 3 is 2.23 bits per heavy atom. The normalized spacial score (nSPS) is 13.1. The van der Waals surface area contributed by atoms with Gasteiger partial charge in [0.1, 0.15) is 5.75 Å². The molecule has 1 aromatic carbocycles. The van der Waals surface area contributed by atoms with E-state index < -0.39 is 21.9 Å². The number of alkyl halides is 3. The fourth-order valence-electron chi connectivity index (χ4n) is 1.88. The molecular weight excluding hydrogens is 488 g/mol. The minimum Gasteiger partial charge on any atom is -0.406 e. The first-order valence-electron chi connectivity index (χ1n) is 7.13. The van der Waals surface area contributed by atoms with E-state index in [0.29, 0.717) is 5.56 Å². The first kappa shape index (κ1) is 24.7. The van der Waals surface area contributed by atoms with Gasteiger partial charge in [-0.25, -0.2) is 18.1 Å². The van der Waals surface area contributed by atoms with Gasteiger partial charge < -0.3 is 15.8 Å². The quantitative estimate of drug-likeness (QED) is 0.296. The number of nitrogens with zero attached hydrogens (tertiary/aromatic N) is 1. The Kier molecular flexibility index (Phi) is 9.12. The van der Waals surface area contributed by atoms with Crippen molar-refractivity contribution in [3.8, 4) is 5.75 Å². The average Bonchev–Trinajstić information content (AvgIpc) is 2.40. The molecule has 4 N–H and O–H groups in total. The molecule has 0 unspecified atom stereocenters. The van der Waals surface area contributed by atoms with Crippen LogP contribution in [0.1, 0.15) is 19.4 Å². The summed E-state index contributed by atoms with van der Waals surface area (Å²) in [7, 11) is -3.36. The van der Waals surface area contributed by atoms with E-state index in [1.807, 2.05) is 0 Å². The summed E-state index contributed by atoms with van der Waals surface area (Å²) in [5, 5.41) is 2.79. The van der Waals surface area contributed by atoms with Crippen molar-refractivity contribution in [3.63, 3.8) is 0 Å². The Balaban J connectivity index is 0.00000625. The number of halogens is 4. The zero-order chi connectivity index (χ0) is 19.3. The monoisotopic (exact) mass is 510 g/mol. The Hall–Kier alpha value is -1.28. The molecule has 0 aromatic heterocycles. The molecule has 0 spiro atoms. The molecule has 0 saturated heterocycles. The number of guanidine groups is 1. The van der Waals surface area contributed by atoms with Crippen LogP contribution < -0.4 is 20.5 Å². The lowest BCUT2D eigenvalue weighted by atomic mass is 10.1. The second kappa shape index (κ2) is 9.60. The van der Waals surface area contributed by atoms with Gasteiger partial charge in [-0.1, -0.05) is 12.1 Å². The van der Waals surface area contributed by atoms with Gasteiger partial charge in [0.2, 0.25) is 10.0 Å². The van der Waals surface area contributed by atoms with Crippen LogP contribution in [0.5, 0.6) is 5.75 Å². The van der Waals surface area contributed by atoms with Crippen LogP contribution in [0.4, 0.5) is 13.2 Å². The van der Waals surface area contributed by atoms with Gasteiger partial charge in [0.05, 0.1) is 12.8 Å². The van der Waals surface area contributed by atoms with Crippen LogP contribution in [-0.4, -0.2) is 39.1 Å². The summed E-state index contributed by atoms with van der Waals surface area (Å²) in [5.41, 5.74) is 5.55. The van der Waals surface area contributed by atoms with Crippen molar-refractivity contribution in [2.75, 3.05) is 12.8 Å². The predicted molar refractivity (Wildman–Crippen MR) is 104 cm³/mol. The van der Waals surface area contributed by atoms with Crippen molar-refractivity contribution in [3.05, 3.63) is 29.8 Å². The van der Waals surface area contributed by atoms with E-state index in [1.54, 1.807) is 13.8 Å². The summed E-state index contributed by atoms with van der Waals surface area (Å²) >= 11 is 0. The van der Waals surface area contributed by atoms with E-state index in [9.17, 15) is 21.6 Å². The second-order valence-corrected chi connectivity index (χ2v) is 7.75. The molecule has 0 bridgehead atoms. The number of rotatable bonds is 7.